The van der Waals surface area contributed by atoms with Crippen molar-refractivity contribution in [3.8, 4) is 0 Å². The van der Waals surface area contributed by atoms with Gasteiger partial charge in [0.2, 0.25) is 5.91 Å². The van der Waals surface area contributed by atoms with Crippen LogP contribution in [-0.4, -0.2) is 24.2 Å². The largest absolute Gasteiger partial charge is 0.356 e. The molecule has 1 aromatic heterocycles. The van der Waals surface area contributed by atoms with E-state index in [2.05, 4.69) is 15.8 Å². The van der Waals surface area contributed by atoms with E-state index in [1.54, 1.807) is 0 Å². The summed E-state index contributed by atoms with van der Waals surface area (Å²) in [5, 5.41) is 11.6. The van der Waals surface area contributed by atoms with Gasteiger partial charge in [0.05, 0.1) is 12.1 Å². The number of fused-ring (bicyclic) bond motifs is 3. The lowest BCUT2D eigenvalue weighted by Gasteiger charge is -2.21. The number of rotatable bonds is 3. The predicted molar refractivity (Wildman–Crippen MR) is 80.3 cm³/mol. The van der Waals surface area contributed by atoms with Crippen molar-refractivity contribution in [3.63, 3.8) is 0 Å². The Hall–Kier alpha value is -1.88. The second kappa shape index (κ2) is 5.15. The smallest absolute Gasteiger partial charge is 0.229 e. The van der Waals surface area contributed by atoms with E-state index in [0.29, 0.717) is 6.42 Å². The first-order chi connectivity index (χ1) is 10.3. The van der Waals surface area contributed by atoms with Crippen LogP contribution in [0.5, 0.6) is 0 Å². The molecule has 1 amide bonds. The molecule has 0 saturated carbocycles. The Labute approximate surface area is 123 Å². The molecule has 4 rings (SSSR count). The lowest BCUT2D eigenvalue weighted by Crippen LogP contribution is -2.27. The zero-order chi connectivity index (χ0) is 14.2. The van der Waals surface area contributed by atoms with Gasteiger partial charge < -0.3 is 15.2 Å². The first-order valence-electron chi connectivity index (χ1n) is 7.72. The van der Waals surface area contributed by atoms with Gasteiger partial charge in [0, 0.05) is 16.6 Å². The number of nitrogens with zero attached hydrogens (tertiary/aromatic N) is 1. The molecular weight excluding hydrogens is 266 g/mol. The third kappa shape index (κ3) is 2.31. The van der Waals surface area contributed by atoms with E-state index in [4.69, 9.17) is 4.52 Å². The first kappa shape index (κ1) is 12.8. The second-order valence-corrected chi connectivity index (χ2v) is 6.05. The minimum Gasteiger partial charge on any atom is -0.356 e. The number of hydrogen-bond acceptors (Lipinski definition) is 4. The molecule has 5 nitrogen and oxygen atoms in total. The summed E-state index contributed by atoms with van der Waals surface area (Å²) in [5.74, 6) is 0.820. The molecular formula is C16H19N3O2. The highest BCUT2D eigenvalue weighted by atomic mass is 16.5. The van der Waals surface area contributed by atoms with Crippen LogP contribution in [0.3, 0.4) is 0 Å². The monoisotopic (exact) mass is 285 g/mol. The normalized spacial score (nSPS) is 19.0. The summed E-state index contributed by atoms with van der Waals surface area (Å²) >= 11 is 0. The van der Waals surface area contributed by atoms with E-state index in [1.807, 2.05) is 12.1 Å². The molecule has 21 heavy (non-hydrogen) atoms. The molecule has 5 heteroatoms. The molecule has 110 valence electrons. The SMILES string of the molecule is O=C1Cc2c(ccc3c(CCC4CCNCC4)noc23)N1. The van der Waals surface area contributed by atoms with Gasteiger partial charge in [0.25, 0.3) is 0 Å². The predicted octanol–water partition coefficient (Wildman–Crippen LogP) is 2.25. The lowest BCUT2D eigenvalue weighted by molar-refractivity contribution is -0.115. The lowest BCUT2D eigenvalue weighted by atomic mass is 9.92. The molecule has 0 spiro atoms. The number of carbonyl (C=O) groups excluding carboxylic acids is 1. The maximum absolute atomic E-state index is 11.5. The van der Waals surface area contributed by atoms with Crippen molar-refractivity contribution in [2.75, 3.05) is 18.4 Å². The summed E-state index contributed by atoms with van der Waals surface area (Å²) in [5.41, 5.74) is 3.64. The average molecular weight is 285 g/mol. The van der Waals surface area contributed by atoms with Crippen LogP contribution in [-0.2, 0) is 17.6 Å². The van der Waals surface area contributed by atoms with Crippen LogP contribution in [0.1, 0.15) is 30.5 Å². The molecule has 2 N–H and O–H groups in total. The van der Waals surface area contributed by atoms with Gasteiger partial charge in [-0.1, -0.05) is 5.16 Å². The highest BCUT2D eigenvalue weighted by Gasteiger charge is 2.24. The Kier molecular flexibility index (Phi) is 3.15. The van der Waals surface area contributed by atoms with Gasteiger partial charge in [-0.25, -0.2) is 0 Å². The van der Waals surface area contributed by atoms with Crippen molar-refractivity contribution in [1.82, 2.24) is 10.5 Å². The summed E-state index contributed by atoms with van der Waals surface area (Å²) in [6.45, 7) is 2.26. The fourth-order valence-electron chi connectivity index (χ4n) is 3.45. The van der Waals surface area contributed by atoms with Gasteiger partial charge in [0.15, 0.2) is 5.58 Å². The van der Waals surface area contributed by atoms with Crippen molar-refractivity contribution in [2.45, 2.75) is 32.1 Å². The van der Waals surface area contributed by atoms with Crippen molar-refractivity contribution < 1.29 is 9.32 Å². The summed E-state index contributed by atoms with van der Waals surface area (Å²) in [4.78, 5) is 11.5. The van der Waals surface area contributed by atoms with Crippen molar-refractivity contribution in [2.24, 2.45) is 5.92 Å². The van der Waals surface area contributed by atoms with Crippen LogP contribution in [0.2, 0.25) is 0 Å². The summed E-state index contributed by atoms with van der Waals surface area (Å²) < 4.78 is 5.53. The van der Waals surface area contributed by atoms with Crippen LogP contribution in [0.4, 0.5) is 5.69 Å². The maximum Gasteiger partial charge on any atom is 0.229 e. The van der Waals surface area contributed by atoms with Gasteiger partial charge in [-0.05, 0) is 56.8 Å². The molecule has 0 atom stereocenters. The number of carbonyl (C=O) groups is 1. The molecule has 0 bridgehead atoms. The topological polar surface area (TPSA) is 67.2 Å². The Morgan fingerprint density at radius 2 is 2.14 bits per heavy atom. The minimum atomic E-state index is 0.0326. The van der Waals surface area contributed by atoms with Crippen molar-refractivity contribution >= 4 is 22.6 Å². The summed E-state index contributed by atoms with van der Waals surface area (Å²) in [6, 6.07) is 3.99. The van der Waals surface area contributed by atoms with Gasteiger partial charge in [-0.15, -0.1) is 0 Å². The highest BCUT2D eigenvalue weighted by Crippen LogP contribution is 2.33. The molecule has 1 fully saturated rings. The third-order valence-corrected chi connectivity index (χ3v) is 4.68. The quantitative estimate of drug-likeness (QED) is 0.907. The standard InChI is InChI=1S/C16H19N3O2/c20-15-9-12-13(18-15)4-2-11-14(19-21-16(11)12)3-1-10-5-7-17-8-6-10/h2,4,10,17H,1,3,5-9H2,(H,18,20). The molecule has 2 aliphatic heterocycles. The van der Waals surface area contributed by atoms with Gasteiger partial charge in [0.1, 0.15) is 0 Å². The molecule has 1 saturated heterocycles. The number of nitrogens with one attached hydrogen (secondary N) is 2. The Bertz CT molecular complexity index is 686. The minimum absolute atomic E-state index is 0.0326. The van der Waals surface area contributed by atoms with Crippen molar-refractivity contribution in [1.29, 1.82) is 0 Å². The van der Waals surface area contributed by atoms with Gasteiger partial charge in [-0.3, -0.25) is 4.79 Å². The van der Waals surface area contributed by atoms with E-state index in [-0.39, 0.29) is 5.91 Å². The molecule has 1 aromatic carbocycles. The molecule has 0 radical (unpaired) electrons. The van der Waals surface area contributed by atoms with E-state index in [0.717, 1.165) is 59.8 Å². The number of aryl methyl sites for hydroxylation is 1. The molecule has 2 aromatic rings. The van der Waals surface area contributed by atoms with Crippen molar-refractivity contribution in [3.05, 3.63) is 23.4 Å². The van der Waals surface area contributed by atoms with Gasteiger partial charge >= 0.3 is 0 Å². The van der Waals surface area contributed by atoms with E-state index < -0.39 is 0 Å². The number of benzene rings is 1. The zero-order valence-corrected chi connectivity index (χ0v) is 11.9. The number of aromatic nitrogens is 1. The van der Waals surface area contributed by atoms with E-state index in [9.17, 15) is 4.79 Å². The Balaban J connectivity index is 1.56. The van der Waals surface area contributed by atoms with Gasteiger partial charge in [-0.2, -0.15) is 0 Å². The number of hydrogen-bond donors (Lipinski definition) is 2. The van der Waals surface area contributed by atoms with Crippen LogP contribution in [0.25, 0.3) is 11.0 Å². The molecule has 0 aliphatic carbocycles. The maximum atomic E-state index is 11.5. The van der Waals surface area contributed by atoms with E-state index >= 15 is 0 Å². The van der Waals surface area contributed by atoms with Crippen LogP contribution in [0.15, 0.2) is 16.7 Å². The molecule has 2 aliphatic rings. The number of piperidine rings is 1. The number of amides is 1. The Morgan fingerprint density at radius 3 is 3.00 bits per heavy atom. The van der Waals surface area contributed by atoms with Crippen LogP contribution >= 0.6 is 0 Å². The average Bonchev–Trinajstić information content (AvgIpc) is 3.08. The summed E-state index contributed by atoms with van der Waals surface area (Å²) in [7, 11) is 0. The molecule has 0 unspecified atom stereocenters. The Morgan fingerprint density at radius 1 is 1.29 bits per heavy atom. The number of anilines is 1. The first-order valence-corrected chi connectivity index (χ1v) is 7.72. The highest BCUT2D eigenvalue weighted by molar-refractivity contribution is 6.04. The summed E-state index contributed by atoms with van der Waals surface area (Å²) in [6.07, 6.45) is 5.03. The van der Waals surface area contributed by atoms with Crippen LogP contribution < -0.4 is 10.6 Å². The molecule has 3 heterocycles. The fourth-order valence-corrected chi connectivity index (χ4v) is 3.45. The van der Waals surface area contributed by atoms with E-state index in [1.165, 1.54) is 12.8 Å². The fraction of sp³-hybridized carbons (Fsp3) is 0.500. The third-order valence-electron chi connectivity index (χ3n) is 4.68. The zero-order valence-electron chi connectivity index (χ0n) is 11.9. The second-order valence-electron chi connectivity index (χ2n) is 6.05. The van der Waals surface area contributed by atoms with Crippen LogP contribution in [0, 0.1) is 5.92 Å².